The largest absolute Gasteiger partial charge is 0.355 e. The second kappa shape index (κ2) is 5.56. The summed E-state index contributed by atoms with van der Waals surface area (Å²) < 4.78 is 0. The third kappa shape index (κ3) is 2.86. The summed E-state index contributed by atoms with van der Waals surface area (Å²) in [6.45, 7) is 2.03. The Morgan fingerprint density at radius 1 is 1.32 bits per heavy atom. The minimum Gasteiger partial charge on any atom is -0.355 e. The van der Waals surface area contributed by atoms with Gasteiger partial charge in [0.2, 0.25) is 17.7 Å². The van der Waals surface area contributed by atoms with Crippen LogP contribution in [0.1, 0.15) is 6.42 Å². The van der Waals surface area contributed by atoms with E-state index in [1.807, 2.05) is 0 Å². The SMILES string of the molecule is CN(C)C(=O)C1CNCCN1C(=O)C1CNC(=O)C1. The van der Waals surface area contributed by atoms with Gasteiger partial charge in [0.15, 0.2) is 0 Å². The van der Waals surface area contributed by atoms with E-state index in [1.54, 1.807) is 19.0 Å². The number of likely N-dealkylation sites (N-methyl/N-ethyl adjacent to an activating group) is 1. The highest BCUT2D eigenvalue weighted by molar-refractivity contribution is 5.92. The van der Waals surface area contributed by atoms with Crippen LogP contribution in [0.2, 0.25) is 0 Å². The molecular weight excluding hydrogens is 248 g/mol. The maximum Gasteiger partial charge on any atom is 0.246 e. The molecule has 2 aliphatic heterocycles. The van der Waals surface area contributed by atoms with Gasteiger partial charge in [0.25, 0.3) is 0 Å². The lowest BCUT2D eigenvalue weighted by Gasteiger charge is -2.37. The highest BCUT2D eigenvalue weighted by Crippen LogP contribution is 2.16. The van der Waals surface area contributed by atoms with Crippen LogP contribution in [0.3, 0.4) is 0 Å². The van der Waals surface area contributed by atoms with Gasteiger partial charge in [-0.05, 0) is 0 Å². The van der Waals surface area contributed by atoms with Crippen molar-refractivity contribution in [2.24, 2.45) is 5.92 Å². The number of hydrogen-bond acceptors (Lipinski definition) is 4. The summed E-state index contributed by atoms with van der Waals surface area (Å²) in [6.07, 6.45) is 0.228. The fraction of sp³-hybridized carbons (Fsp3) is 0.750. The standard InChI is InChI=1S/C12H20N4O3/c1-15(2)12(19)9-7-13-3-4-16(9)11(18)8-5-10(17)14-6-8/h8-9,13H,3-7H2,1-2H3,(H,14,17). The number of carbonyl (C=O) groups excluding carboxylic acids is 3. The summed E-state index contributed by atoms with van der Waals surface area (Å²) in [5.41, 5.74) is 0. The summed E-state index contributed by atoms with van der Waals surface area (Å²) in [5, 5.41) is 5.79. The minimum absolute atomic E-state index is 0.0853. The number of piperazine rings is 1. The molecule has 0 bridgehead atoms. The van der Waals surface area contributed by atoms with Crippen LogP contribution >= 0.6 is 0 Å². The van der Waals surface area contributed by atoms with Crippen LogP contribution in [0.5, 0.6) is 0 Å². The first-order valence-corrected chi connectivity index (χ1v) is 6.49. The molecule has 0 radical (unpaired) electrons. The van der Waals surface area contributed by atoms with Crippen molar-refractivity contribution in [1.82, 2.24) is 20.4 Å². The summed E-state index contributed by atoms with van der Waals surface area (Å²) >= 11 is 0. The predicted molar refractivity (Wildman–Crippen MR) is 68.2 cm³/mol. The Balaban J connectivity index is 2.08. The number of rotatable bonds is 2. The number of amides is 3. The number of hydrogen-bond donors (Lipinski definition) is 2. The van der Waals surface area contributed by atoms with E-state index in [1.165, 1.54) is 4.90 Å². The zero-order chi connectivity index (χ0) is 14.0. The lowest BCUT2D eigenvalue weighted by atomic mass is 10.0. The maximum atomic E-state index is 12.4. The molecule has 106 valence electrons. The minimum atomic E-state index is -0.466. The van der Waals surface area contributed by atoms with Gasteiger partial charge in [-0.2, -0.15) is 0 Å². The molecule has 2 rings (SSSR count). The first kappa shape index (κ1) is 13.8. The fourth-order valence-corrected chi connectivity index (χ4v) is 2.50. The smallest absolute Gasteiger partial charge is 0.246 e. The predicted octanol–water partition coefficient (Wildman–Crippen LogP) is -1.99. The van der Waals surface area contributed by atoms with E-state index in [9.17, 15) is 14.4 Å². The molecule has 2 aliphatic rings. The molecule has 2 N–H and O–H groups in total. The molecule has 0 aromatic heterocycles. The molecule has 0 aromatic carbocycles. The van der Waals surface area contributed by atoms with Crippen molar-refractivity contribution in [2.75, 3.05) is 40.3 Å². The fourth-order valence-electron chi connectivity index (χ4n) is 2.50. The Labute approximate surface area is 112 Å². The van der Waals surface area contributed by atoms with E-state index in [0.29, 0.717) is 26.2 Å². The van der Waals surface area contributed by atoms with Crippen molar-refractivity contribution in [3.63, 3.8) is 0 Å². The molecular formula is C12H20N4O3. The van der Waals surface area contributed by atoms with Gasteiger partial charge in [-0.3, -0.25) is 14.4 Å². The molecule has 2 saturated heterocycles. The number of nitrogens with zero attached hydrogens (tertiary/aromatic N) is 2. The number of carbonyl (C=O) groups is 3. The molecule has 2 fully saturated rings. The third-order valence-electron chi connectivity index (χ3n) is 3.58. The van der Waals surface area contributed by atoms with Crippen molar-refractivity contribution in [3.05, 3.63) is 0 Å². The van der Waals surface area contributed by atoms with Gasteiger partial charge in [-0.1, -0.05) is 0 Å². The summed E-state index contributed by atoms with van der Waals surface area (Å²) in [6, 6.07) is -0.466. The Kier molecular flexibility index (Phi) is 4.04. The molecule has 0 aliphatic carbocycles. The molecule has 0 saturated carbocycles. The van der Waals surface area contributed by atoms with E-state index in [2.05, 4.69) is 10.6 Å². The van der Waals surface area contributed by atoms with E-state index in [0.717, 1.165) is 0 Å². The second-order valence-electron chi connectivity index (χ2n) is 5.19. The van der Waals surface area contributed by atoms with Crippen LogP contribution < -0.4 is 10.6 Å². The van der Waals surface area contributed by atoms with Crippen molar-refractivity contribution < 1.29 is 14.4 Å². The molecule has 7 heteroatoms. The van der Waals surface area contributed by atoms with Crippen molar-refractivity contribution in [3.8, 4) is 0 Å². The van der Waals surface area contributed by atoms with Gasteiger partial charge < -0.3 is 20.4 Å². The van der Waals surface area contributed by atoms with Gasteiger partial charge in [0.1, 0.15) is 6.04 Å². The van der Waals surface area contributed by atoms with Crippen LogP contribution in [-0.2, 0) is 14.4 Å². The van der Waals surface area contributed by atoms with Gasteiger partial charge in [0.05, 0.1) is 5.92 Å². The average Bonchev–Trinajstić information content (AvgIpc) is 2.83. The van der Waals surface area contributed by atoms with Gasteiger partial charge in [-0.25, -0.2) is 0 Å². The molecule has 7 nitrogen and oxygen atoms in total. The zero-order valence-corrected chi connectivity index (χ0v) is 11.3. The summed E-state index contributed by atoms with van der Waals surface area (Å²) in [4.78, 5) is 38.8. The Morgan fingerprint density at radius 2 is 2.05 bits per heavy atom. The topological polar surface area (TPSA) is 81.8 Å². The van der Waals surface area contributed by atoms with Crippen LogP contribution in [0, 0.1) is 5.92 Å². The number of nitrogens with one attached hydrogen (secondary N) is 2. The third-order valence-corrected chi connectivity index (χ3v) is 3.58. The van der Waals surface area contributed by atoms with Gasteiger partial charge in [0, 0.05) is 46.7 Å². The quantitative estimate of drug-likeness (QED) is 0.607. The highest BCUT2D eigenvalue weighted by Gasteiger charge is 2.38. The summed E-state index contributed by atoms with van der Waals surface area (Å²) in [7, 11) is 3.36. The van der Waals surface area contributed by atoms with Gasteiger partial charge in [-0.15, -0.1) is 0 Å². The molecule has 3 amide bonds. The Hall–Kier alpha value is -1.63. The first-order valence-electron chi connectivity index (χ1n) is 6.49. The summed E-state index contributed by atoms with van der Waals surface area (Å²) in [5.74, 6) is -0.607. The van der Waals surface area contributed by atoms with E-state index in [4.69, 9.17) is 0 Å². The molecule has 0 aromatic rings. The van der Waals surface area contributed by atoms with E-state index < -0.39 is 6.04 Å². The first-order chi connectivity index (χ1) is 9.00. The van der Waals surface area contributed by atoms with E-state index in [-0.39, 0.29) is 30.1 Å². The normalized spacial score (nSPS) is 27.1. The molecule has 2 unspecified atom stereocenters. The lowest BCUT2D eigenvalue weighted by Crippen LogP contribution is -2.60. The van der Waals surface area contributed by atoms with Crippen molar-refractivity contribution in [1.29, 1.82) is 0 Å². The molecule has 0 spiro atoms. The second-order valence-corrected chi connectivity index (χ2v) is 5.19. The Morgan fingerprint density at radius 3 is 2.63 bits per heavy atom. The van der Waals surface area contributed by atoms with Gasteiger partial charge >= 0.3 is 0 Å². The molecule has 2 heterocycles. The molecule has 19 heavy (non-hydrogen) atoms. The zero-order valence-electron chi connectivity index (χ0n) is 11.3. The monoisotopic (exact) mass is 268 g/mol. The molecule has 2 atom stereocenters. The van der Waals surface area contributed by atoms with Crippen LogP contribution in [-0.4, -0.2) is 73.8 Å². The Bertz CT molecular complexity index is 396. The van der Waals surface area contributed by atoms with Crippen molar-refractivity contribution >= 4 is 17.7 Å². The van der Waals surface area contributed by atoms with Crippen molar-refractivity contribution in [2.45, 2.75) is 12.5 Å². The lowest BCUT2D eigenvalue weighted by molar-refractivity contribution is -0.147. The average molecular weight is 268 g/mol. The van der Waals surface area contributed by atoms with Crippen LogP contribution in [0.25, 0.3) is 0 Å². The maximum absolute atomic E-state index is 12.4. The van der Waals surface area contributed by atoms with Crippen LogP contribution in [0.15, 0.2) is 0 Å². The van der Waals surface area contributed by atoms with E-state index >= 15 is 0 Å². The van der Waals surface area contributed by atoms with Crippen LogP contribution in [0.4, 0.5) is 0 Å². The highest BCUT2D eigenvalue weighted by atomic mass is 16.2.